The number of ether oxygens (including phenoxy) is 1. The minimum atomic E-state index is -3.21. The van der Waals surface area contributed by atoms with Crippen LogP contribution in [0.3, 0.4) is 0 Å². The molecule has 0 bridgehead atoms. The van der Waals surface area contributed by atoms with Gasteiger partial charge in [-0.2, -0.15) is 0 Å². The third-order valence-corrected chi connectivity index (χ3v) is 6.16. The van der Waals surface area contributed by atoms with Crippen molar-refractivity contribution in [2.45, 2.75) is 35.8 Å². The Hall–Kier alpha value is -1.60. The van der Waals surface area contributed by atoms with E-state index in [2.05, 4.69) is 11.4 Å². The Morgan fingerprint density at radius 2 is 1.93 bits per heavy atom. The van der Waals surface area contributed by atoms with Gasteiger partial charge < -0.3 is 15.2 Å². The minimum Gasteiger partial charge on any atom is -0.491 e. The van der Waals surface area contributed by atoms with E-state index in [4.69, 9.17) is 16.3 Å². The molecule has 27 heavy (non-hydrogen) atoms. The summed E-state index contributed by atoms with van der Waals surface area (Å²) in [6, 6.07) is 14.5. The fourth-order valence-electron chi connectivity index (χ4n) is 3.15. The second-order valence-corrected chi connectivity index (χ2v) is 9.49. The highest BCUT2D eigenvalue weighted by Gasteiger charge is 2.30. The number of aliphatic hydroxyl groups is 1. The molecule has 2 N–H and O–H groups in total. The average molecular weight is 410 g/mol. The van der Waals surface area contributed by atoms with Gasteiger partial charge in [0, 0.05) is 23.9 Å². The molecular formula is C20H24ClNO4S. The maximum absolute atomic E-state index is 11.4. The van der Waals surface area contributed by atoms with Crippen molar-refractivity contribution < 1.29 is 18.3 Å². The van der Waals surface area contributed by atoms with E-state index in [-0.39, 0.29) is 11.5 Å². The summed E-state index contributed by atoms with van der Waals surface area (Å²) in [5, 5.41) is 14.2. The van der Waals surface area contributed by atoms with Crippen molar-refractivity contribution in [1.82, 2.24) is 5.32 Å². The number of sulfone groups is 1. The largest absolute Gasteiger partial charge is 0.491 e. The first kappa shape index (κ1) is 20.1. The molecule has 1 aliphatic rings. The molecule has 0 unspecified atom stereocenters. The molecule has 3 rings (SSSR count). The molecule has 2 aromatic carbocycles. The molecule has 2 aromatic rings. The molecule has 0 aliphatic heterocycles. The average Bonchev–Trinajstić information content (AvgIpc) is 2.58. The number of nitrogens with one attached hydrogen (secondary N) is 1. The number of benzene rings is 2. The van der Waals surface area contributed by atoms with Crippen molar-refractivity contribution in [3.05, 3.63) is 59.1 Å². The molecule has 7 heteroatoms. The number of hydrogen-bond acceptors (Lipinski definition) is 5. The summed E-state index contributed by atoms with van der Waals surface area (Å²) in [5.74, 6) is 1.05. The van der Waals surface area contributed by atoms with Crippen LogP contribution in [0.25, 0.3) is 0 Å². The van der Waals surface area contributed by atoms with E-state index >= 15 is 0 Å². The first-order chi connectivity index (χ1) is 12.8. The lowest BCUT2D eigenvalue weighted by molar-refractivity contribution is 0.0981. The van der Waals surface area contributed by atoms with Crippen LogP contribution in [0.5, 0.6) is 5.75 Å². The normalized spacial score (nSPS) is 20.7. The molecule has 0 saturated heterocycles. The van der Waals surface area contributed by atoms with Crippen molar-refractivity contribution in [3.8, 4) is 5.75 Å². The molecule has 0 aromatic heterocycles. The highest BCUT2D eigenvalue weighted by molar-refractivity contribution is 7.90. The van der Waals surface area contributed by atoms with Crippen LogP contribution in [0.15, 0.2) is 53.4 Å². The number of aliphatic hydroxyl groups excluding tert-OH is 1. The van der Waals surface area contributed by atoms with Crippen molar-refractivity contribution in [3.63, 3.8) is 0 Å². The van der Waals surface area contributed by atoms with E-state index < -0.39 is 15.9 Å². The summed E-state index contributed by atoms with van der Waals surface area (Å²) >= 11 is 6.03. The maximum atomic E-state index is 11.4. The van der Waals surface area contributed by atoms with Gasteiger partial charge in [-0.25, -0.2) is 8.42 Å². The standard InChI is InChI=1S/C20H24ClNO4S/c1-27(24,25)20-7-5-19(6-8-20)26-13-18(23)12-22-17-10-15(11-17)14-3-2-4-16(21)9-14/h2-9,15,17-18,22-23H,10-13H2,1H3/t15-,17-,18-/m1/s1. The van der Waals surface area contributed by atoms with Gasteiger partial charge in [0.2, 0.25) is 0 Å². The quantitative estimate of drug-likeness (QED) is 0.700. The number of rotatable bonds is 8. The SMILES string of the molecule is CS(=O)(=O)c1ccc(OC[C@H](O)CN[C@H]2C[C@H](c3cccc(Cl)c3)C2)cc1. The Kier molecular flexibility index (Phi) is 6.42. The summed E-state index contributed by atoms with van der Waals surface area (Å²) < 4.78 is 28.4. The fourth-order valence-corrected chi connectivity index (χ4v) is 3.98. The van der Waals surface area contributed by atoms with Crippen molar-refractivity contribution in [2.24, 2.45) is 0 Å². The lowest BCUT2D eigenvalue weighted by atomic mass is 9.76. The first-order valence-electron chi connectivity index (χ1n) is 8.91. The van der Waals surface area contributed by atoms with Gasteiger partial charge >= 0.3 is 0 Å². The zero-order valence-electron chi connectivity index (χ0n) is 15.1. The van der Waals surface area contributed by atoms with Gasteiger partial charge in [0.15, 0.2) is 9.84 Å². The number of halogens is 1. The molecule has 1 atom stereocenters. The summed E-state index contributed by atoms with van der Waals surface area (Å²) in [5.41, 5.74) is 1.27. The van der Waals surface area contributed by atoms with E-state index in [0.29, 0.717) is 24.3 Å². The van der Waals surface area contributed by atoms with Gasteiger partial charge in [-0.3, -0.25) is 0 Å². The van der Waals surface area contributed by atoms with Gasteiger partial charge in [0.1, 0.15) is 18.5 Å². The second kappa shape index (κ2) is 8.61. The number of hydrogen-bond donors (Lipinski definition) is 2. The summed E-state index contributed by atoms with van der Waals surface area (Å²) in [6.45, 7) is 0.601. The third kappa shape index (κ3) is 5.69. The zero-order chi connectivity index (χ0) is 19.4. The van der Waals surface area contributed by atoms with Gasteiger partial charge in [-0.1, -0.05) is 23.7 Å². The van der Waals surface area contributed by atoms with E-state index in [0.717, 1.165) is 24.1 Å². The van der Waals surface area contributed by atoms with Gasteiger partial charge in [-0.05, 0) is 60.7 Å². The maximum Gasteiger partial charge on any atom is 0.175 e. The zero-order valence-corrected chi connectivity index (χ0v) is 16.7. The monoisotopic (exact) mass is 409 g/mol. The van der Waals surface area contributed by atoms with Crippen molar-refractivity contribution in [2.75, 3.05) is 19.4 Å². The van der Waals surface area contributed by atoms with E-state index in [9.17, 15) is 13.5 Å². The summed E-state index contributed by atoms with van der Waals surface area (Å²) in [4.78, 5) is 0.247. The second-order valence-electron chi connectivity index (χ2n) is 7.04. The van der Waals surface area contributed by atoms with Crippen molar-refractivity contribution >= 4 is 21.4 Å². The van der Waals surface area contributed by atoms with Gasteiger partial charge in [-0.15, -0.1) is 0 Å². The molecule has 146 valence electrons. The molecule has 1 fully saturated rings. The molecule has 1 saturated carbocycles. The van der Waals surface area contributed by atoms with Crippen LogP contribution in [0, 0.1) is 0 Å². The van der Waals surface area contributed by atoms with Gasteiger partial charge in [0.05, 0.1) is 4.90 Å². The van der Waals surface area contributed by atoms with Crippen LogP contribution in [0.4, 0.5) is 0 Å². The van der Waals surface area contributed by atoms with Crippen LogP contribution in [0.2, 0.25) is 5.02 Å². The lowest BCUT2D eigenvalue weighted by Gasteiger charge is -2.37. The Labute approximate surface area is 165 Å². The fraction of sp³-hybridized carbons (Fsp3) is 0.400. The first-order valence-corrected chi connectivity index (χ1v) is 11.2. The van der Waals surface area contributed by atoms with Gasteiger partial charge in [0.25, 0.3) is 0 Å². The Bertz CT molecular complexity index is 864. The smallest absolute Gasteiger partial charge is 0.175 e. The molecule has 0 radical (unpaired) electrons. The molecule has 1 aliphatic carbocycles. The Morgan fingerprint density at radius 3 is 2.56 bits per heavy atom. The van der Waals surface area contributed by atoms with Crippen LogP contribution >= 0.6 is 11.6 Å². The summed E-state index contributed by atoms with van der Waals surface area (Å²) in [7, 11) is -3.21. The molecule has 0 amide bonds. The van der Waals surface area contributed by atoms with E-state index in [1.54, 1.807) is 12.1 Å². The van der Waals surface area contributed by atoms with Crippen LogP contribution in [-0.2, 0) is 9.84 Å². The Balaban J connectivity index is 1.36. The van der Waals surface area contributed by atoms with Crippen LogP contribution < -0.4 is 10.1 Å². The molecule has 0 heterocycles. The third-order valence-electron chi connectivity index (χ3n) is 4.79. The molecular weight excluding hydrogens is 386 g/mol. The Morgan fingerprint density at radius 1 is 1.22 bits per heavy atom. The van der Waals surface area contributed by atoms with Crippen LogP contribution in [-0.4, -0.2) is 45.1 Å². The summed E-state index contributed by atoms with van der Waals surface area (Å²) in [6.07, 6.45) is 2.59. The predicted octanol–water partition coefficient (Wildman–Crippen LogP) is 3.02. The van der Waals surface area contributed by atoms with E-state index in [1.165, 1.54) is 17.7 Å². The van der Waals surface area contributed by atoms with E-state index in [1.807, 2.05) is 18.2 Å². The molecule has 5 nitrogen and oxygen atoms in total. The topological polar surface area (TPSA) is 75.6 Å². The van der Waals surface area contributed by atoms with Crippen molar-refractivity contribution in [1.29, 1.82) is 0 Å². The highest BCUT2D eigenvalue weighted by atomic mass is 35.5. The molecule has 0 spiro atoms. The lowest BCUT2D eigenvalue weighted by Crippen LogP contribution is -2.44. The predicted molar refractivity (Wildman–Crippen MR) is 106 cm³/mol. The van der Waals surface area contributed by atoms with Crippen LogP contribution in [0.1, 0.15) is 24.3 Å². The highest BCUT2D eigenvalue weighted by Crippen LogP contribution is 2.37. The minimum absolute atomic E-state index is 0.148.